The minimum absolute atomic E-state index is 0.354. The fourth-order valence-electron chi connectivity index (χ4n) is 1.99. The molecule has 0 atom stereocenters. The summed E-state index contributed by atoms with van der Waals surface area (Å²) in [4.78, 5) is 8.67. The zero-order valence-electron chi connectivity index (χ0n) is 10.5. The molecule has 1 aliphatic carbocycles. The fraction of sp³-hybridized carbons (Fsp3) is 0.286. The van der Waals surface area contributed by atoms with Crippen molar-refractivity contribution in [1.29, 1.82) is 0 Å². The second-order valence-corrected chi connectivity index (χ2v) is 4.68. The standard InChI is InChI=1S/C14H13F2N3/c1-17-13-7-12(8-2-3-8)18-14(19-13)9-4-10(15)6-11(16)5-9/h4-8H,2-3H2,1H3,(H,17,18,19). The number of hydrogen-bond acceptors (Lipinski definition) is 3. The van der Waals surface area contributed by atoms with Gasteiger partial charge in [-0.15, -0.1) is 0 Å². The molecule has 0 aliphatic heterocycles. The number of benzene rings is 1. The molecule has 0 spiro atoms. The molecule has 2 aromatic rings. The van der Waals surface area contributed by atoms with Crippen LogP contribution in [0.25, 0.3) is 11.4 Å². The van der Waals surface area contributed by atoms with Gasteiger partial charge in [0, 0.05) is 36.4 Å². The number of rotatable bonds is 3. The number of nitrogens with one attached hydrogen (secondary N) is 1. The van der Waals surface area contributed by atoms with Crippen molar-refractivity contribution in [3.63, 3.8) is 0 Å². The molecule has 0 amide bonds. The summed E-state index contributed by atoms with van der Waals surface area (Å²) in [7, 11) is 1.76. The fourth-order valence-corrected chi connectivity index (χ4v) is 1.99. The van der Waals surface area contributed by atoms with Gasteiger partial charge in [0.2, 0.25) is 0 Å². The lowest BCUT2D eigenvalue weighted by atomic mass is 10.2. The van der Waals surface area contributed by atoms with Crippen LogP contribution in [0.4, 0.5) is 14.6 Å². The summed E-state index contributed by atoms with van der Waals surface area (Å²) in [5.41, 5.74) is 1.29. The quantitative estimate of drug-likeness (QED) is 0.920. The molecule has 3 rings (SSSR count). The van der Waals surface area contributed by atoms with Crippen molar-refractivity contribution in [1.82, 2.24) is 9.97 Å². The Morgan fingerprint density at radius 2 is 1.74 bits per heavy atom. The highest BCUT2D eigenvalue weighted by molar-refractivity contribution is 5.58. The highest BCUT2D eigenvalue weighted by Crippen LogP contribution is 2.40. The van der Waals surface area contributed by atoms with Gasteiger partial charge in [-0.2, -0.15) is 0 Å². The van der Waals surface area contributed by atoms with E-state index in [9.17, 15) is 8.78 Å². The summed E-state index contributed by atoms with van der Waals surface area (Å²) in [5.74, 6) is 0.221. The smallest absolute Gasteiger partial charge is 0.161 e. The molecule has 3 nitrogen and oxygen atoms in total. The molecule has 1 heterocycles. The maximum absolute atomic E-state index is 13.3. The van der Waals surface area contributed by atoms with E-state index in [0.717, 1.165) is 24.6 Å². The van der Waals surface area contributed by atoms with Crippen LogP contribution in [0.15, 0.2) is 24.3 Å². The van der Waals surface area contributed by atoms with Crippen molar-refractivity contribution in [2.75, 3.05) is 12.4 Å². The Hall–Kier alpha value is -2.04. The van der Waals surface area contributed by atoms with E-state index in [1.165, 1.54) is 12.1 Å². The maximum Gasteiger partial charge on any atom is 0.161 e. The number of anilines is 1. The van der Waals surface area contributed by atoms with E-state index < -0.39 is 11.6 Å². The largest absolute Gasteiger partial charge is 0.373 e. The van der Waals surface area contributed by atoms with E-state index in [4.69, 9.17) is 0 Å². The molecule has 0 radical (unpaired) electrons. The lowest BCUT2D eigenvalue weighted by Gasteiger charge is -2.07. The van der Waals surface area contributed by atoms with Gasteiger partial charge in [0.15, 0.2) is 5.82 Å². The number of nitrogens with zero attached hydrogens (tertiary/aromatic N) is 2. The highest BCUT2D eigenvalue weighted by atomic mass is 19.1. The van der Waals surface area contributed by atoms with Crippen molar-refractivity contribution in [2.24, 2.45) is 0 Å². The van der Waals surface area contributed by atoms with Crippen LogP contribution >= 0.6 is 0 Å². The third-order valence-corrected chi connectivity index (χ3v) is 3.12. The monoisotopic (exact) mass is 261 g/mol. The van der Waals surface area contributed by atoms with Crippen molar-refractivity contribution in [3.8, 4) is 11.4 Å². The first-order valence-corrected chi connectivity index (χ1v) is 6.19. The number of aromatic nitrogens is 2. The first-order valence-electron chi connectivity index (χ1n) is 6.19. The second-order valence-electron chi connectivity index (χ2n) is 4.68. The van der Waals surface area contributed by atoms with Gasteiger partial charge in [0.05, 0.1) is 0 Å². The Morgan fingerprint density at radius 1 is 1.05 bits per heavy atom. The normalized spacial score (nSPS) is 14.5. The molecule has 98 valence electrons. The Bertz CT molecular complexity index is 604. The van der Waals surface area contributed by atoms with Crippen LogP contribution in [0.5, 0.6) is 0 Å². The van der Waals surface area contributed by atoms with Gasteiger partial charge >= 0.3 is 0 Å². The van der Waals surface area contributed by atoms with E-state index >= 15 is 0 Å². The Kier molecular flexibility index (Phi) is 2.89. The van der Waals surface area contributed by atoms with Gasteiger partial charge in [0.25, 0.3) is 0 Å². The highest BCUT2D eigenvalue weighted by Gasteiger charge is 2.26. The summed E-state index contributed by atoms with van der Waals surface area (Å²) < 4.78 is 26.5. The summed E-state index contributed by atoms with van der Waals surface area (Å²) in [5, 5.41) is 2.95. The van der Waals surface area contributed by atoms with Gasteiger partial charge in [-0.1, -0.05) is 0 Å². The Morgan fingerprint density at radius 3 is 2.32 bits per heavy atom. The summed E-state index contributed by atoms with van der Waals surface area (Å²) in [6.07, 6.45) is 2.22. The average molecular weight is 261 g/mol. The van der Waals surface area contributed by atoms with Gasteiger partial charge < -0.3 is 5.32 Å². The van der Waals surface area contributed by atoms with Crippen LogP contribution in [-0.4, -0.2) is 17.0 Å². The van der Waals surface area contributed by atoms with Gasteiger partial charge in [0.1, 0.15) is 17.5 Å². The van der Waals surface area contributed by atoms with Crippen LogP contribution in [0.2, 0.25) is 0 Å². The van der Waals surface area contributed by atoms with Gasteiger partial charge in [-0.3, -0.25) is 0 Å². The van der Waals surface area contributed by atoms with E-state index in [0.29, 0.717) is 23.1 Å². The SMILES string of the molecule is CNc1cc(C2CC2)nc(-c2cc(F)cc(F)c2)n1. The lowest BCUT2D eigenvalue weighted by Crippen LogP contribution is -2.00. The molecule has 0 bridgehead atoms. The Labute approximate surface area is 109 Å². The molecule has 1 aromatic carbocycles. The maximum atomic E-state index is 13.3. The van der Waals surface area contributed by atoms with Gasteiger partial charge in [-0.05, 0) is 25.0 Å². The lowest BCUT2D eigenvalue weighted by molar-refractivity contribution is 0.584. The van der Waals surface area contributed by atoms with E-state index in [2.05, 4.69) is 15.3 Å². The van der Waals surface area contributed by atoms with Crippen LogP contribution in [0, 0.1) is 11.6 Å². The summed E-state index contributed by atoms with van der Waals surface area (Å²) in [6, 6.07) is 5.22. The van der Waals surface area contributed by atoms with Crippen molar-refractivity contribution >= 4 is 5.82 Å². The molecule has 0 saturated heterocycles. The third-order valence-electron chi connectivity index (χ3n) is 3.12. The predicted molar refractivity (Wildman–Crippen MR) is 68.9 cm³/mol. The minimum atomic E-state index is -0.624. The van der Waals surface area contributed by atoms with Crippen molar-refractivity contribution < 1.29 is 8.78 Å². The molecule has 19 heavy (non-hydrogen) atoms. The second kappa shape index (κ2) is 4.57. The van der Waals surface area contributed by atoms with Gasteiger partial charge in [-0.25, -0.2) is 18.7 Å². The molecule has 1 N–H and O–H groups in total. The van der Waals surface area contributed by atoms with Crippen molar-refractivity contribution in [3.05, 3.63) is 41.6 Å². The van der Waals surface area contributed by atoms with E-state index in [-0.39, 0.29) is 0 Å². The van der Waals surface area contributed by atoms with Crippen molar-refractivity contribution in [2.45, 2.75) is 18.8 Å². The molecule has 1 aliphatic rings. The third kappa shape index (κ3) is 2.54. The molecule has 0 unspecified atom stereocenters. The molecular weight excluding hydrogens is 248 g/mol. The number of hydrogen-bond donors (Lipinski definition) is 1. The molecular formula is C14H13F2N3. The van der Waals surface area contributed by atoms with Crippen LogP contribution in [0.3, 0.4) is 0 Å². The predicted octanol–water partition coefficient (Wildman–Crippen LogP) is 3.34. The summed E-state index contributed by atoms with van der Waals surface area (Å²) in [6.45, 7) is 0. The van der Waals surface area contributed by atoms with Crippen LogP contribution in [0.1, 0.15) is 24.5 Å². The van der Waals surface area contributed by atoms with Crippen LogP contribution in [-0.2, 0) is 0 Å². The Balaban J connectivity index is 2.09. The minimum Gasteiger partial charge on any atom is -0.373 e. The zero-order valence-corrected chi connectivity index (χ0v) is 10.5. The van der Waals surface area contributed by atoms with E-state index in [1.54, 1.807) is 7.05 Å². The topological polar surface area (TPSA) is 37.8 Å². The molecule has 1 saturated carbocycles. The van der Waals surface area contributed by atoms with Crippen LogP contribution < -0.4 is 5.32 Å². The molecule has 1 aromatic heterocycles. The zero-order chi connectivity index (χ0) is 13.4. The number of halogens is 2. The van der Waals surface area contributed by atoms with E-state index in [1.807, 2.05) is 6.07 Å². The summed E-state index contributed by atoms with van der Waals surface area (Å²) >= 11 is 0. The first-order chi connectivity index (χ1) is 9.15. The molecule has 5 heteroatoms. The molecule has 1 fully saturated rings. The average Bonchev–Trinajstić information content (AvgIpc) is 3.21. The first kappa shape index (κ1) is 12.0.